The van der Waals surface area contributed by atoms with Crippen LogP contribution in [0.4, 0.5) is 0 Å². The van der Waals surface area contributed by atoms with Gasteiger partial charge in [-0.3, -0.25) is 9.20 Å². The molecule has 3 aromatic heterocycles. The van der Waals surface area contributed by atoms with Crippen molar-refractivity contribution >= 4 is 34.1 Å². The largest absolute Gasteiger partial charge is 0.289 e. The van der Waals surface area contributed by atoms with Crippen LogP contribution < -0.4 is 5.56 Å². The molecular formula is C14H10ClN5OS. The van der Waals surface area contributed by atoms with Crippen LogP contribution in [0.2, 0.25) is 5.15 Å². The molecule has 110 valence electrons. The third kappa shape index (κ3) is 2.22. The minimum atomic E-state index is -0.446. The second kappa shape index (κ2) is 5.40. The van der Waals surface area contributed by atoms with Crippen molar-refractivity contribution < 1.29 is 0 Å². The van der Waals surface area contributed by atoms with Crippen molar-refractivity contribution in [3.8, 4) is 6.07 Å². The van der Waals surface area contributed by atoms with Gasteiger partial charge in [0, 0.05) is 17.3 Å². The lowest BCUT2D eigenvalue weighted by Crippen LogP contribution is -2.22. The Hall–Kier alpha value is -2.43. The van der Waals surface area contributed by atoms with Gasteiger partial charge in [-0.15, -0.1) is 11.3 Å². The number of rotatable bonds is 2. The third-order valence-corrected chi connectivity index (χ3v) is 4.26. The van der Waals surface area contributed by atoms with Crippen LogP contribution in [0.5, 0.6) is 0 Å². The molecule has 0 saturated heterocycles. The Bertz CT molecular complexity index is 1000. The van der Waals surface area contributed by atoms with E-state index in [9.17, 15) is 4.79 Å². The summed E-state index contributed by atoms with van der Waals surface area (Å²) in [6.45, 7) is 3.48. The molecule has 0 fully saturated rings. The second-order valence-electron chi connectivity index (χ2n) is 4.66. The van der Waals surface area contributed by atoms with E-state index in [1.807, 2.05) is 17.6 Å². The van der Waals surface area contributed by atoms with Crippen LogP contribution in [-0.2, 0) is 0 Å². The van der Waals surface area contributed by atoms with Gasteiger partial charge >= 0.3 is 0 Å². The number of fused-ring (bicyclic) bond motifs is 1. The average molecular weight is 332 g/mol. The molecular weight excluding hydrogens is 322 g/mol. The van der Waals surface area contributed by atoms with Crippen molar-refractivity contribution in [3.05, 3.63) is 55.7 Å². The maximum Gasteiger partial charge on any atom is 0.289 e. The van der Waals surface area contributed by atoms with Gasteiger partial charge in [-0.25, -0.2) is 9.66 Å². The molecule has 3 heterocycles. The predicted octanol–water partition coefficient (Wildman–Crippen LogP) is 2.58. The normalized spacial score (nSPS) is 11.4. The van der Waals surface area contributed by atoms with Crippen LogP contribution in [0.3, 0.4) is 0 Å². The van der Waals surface area contributed by atoms with Crippen molar-refractivity contribution in [2.24, 2.45) is 5.10 Å². The number of imidazole rings is 1. The molecule has 0 bridgehead atoms. The minimum Gasteiger partial charge on any atom is -0.288 e. The number of nitriles is 1. The first-order valence-electron chi connectivity index (χ1n) is 6.31. The lowest BCUT2D eigenvalue weighted by atomic mass is 10.1. The molecule has 0 radical (unpaired) electrons. The molecule has 0 spiro atoms. The van der Waals surface area contributed by atoms with Crippen molar-refractivity contribution in [2.45, 2.75) is 13.8 Å². The van der Waals surface area contributed by atoms with Gasteiger partial charge in [0.05, 0.1) is 6.21 Å². The van der Waals surface area contributed by atoms with E-state index in [1.165, 1.54) is 22.2 Å². The van der Waals surface area contributed by atoms with Crippen LogP contribution in [-0.4, -0.2) is 20.3 Å². The molecule has 6 nitrogen and oxygen atoms in total. The van der Waals surface area contributed by atoms with Crippen molar-refractivity contribution in [1.82, 2.24) is 14.1 Å². The van der Waals surface area contributed by atoms with E-state index in [0.717, 1.165) is 4.96 Å². The van der Waals surface area contributed by atoms with Gasteiger partial charge in [-0.05, 0) is 25.5 Å². The molecule has 0 saturated carbocycles. The Morgan fingerprint density at radius 3 is 3.00 bits per heavy atom. The Labute approximate surface area is 134 Å². The first-order valence-corrected chi connectivity index (χ1v) is 7.57. The standard InChI is InChI=1S/C14H10ClN5OS/c1-8-5-9(2)20(13(21)10(8)6-16)17-7-11-12(15)18-14-19(11)3-4-22-14/h3-5,7H,1-2H3/b17-7+. The molecule has 3 aromatic rings. The summed E-state index contributed by atoms with van der Waals surface area (Å²) in [6, 6.07) is 3.66. The average Bonchev–Trinajstić information content (AvgIpc) is 3.00. The van der Waals surface area contributed by atoms with Crippen molar-refractivity contribution in [2.75, 3.05) is 0 Å². The number of hydrogen-bond donors (Lipinski definition) is 0. The molecule has 0 aliphatic heterocycles. The van der Waals surface area contributed by atoms with Crippen LogP contribution in [0, 0.1) is 25.2 Å². The van der Waals surface area contributed by atoms with E-state index < -0.39 is 5.56 Å². The summed E-state index contributed by atoms with van der Waals surface area (Å²) >= 11 is 7.53. The van der Waals surface area contributed by atoms with Gasteiger partial charge < -0.3 is 0 Å². The summed E-state index contributed by atoms with van der Waals surface area (Å²) in [5.74, 6) is 0. The molecule has 0 amide bonds. The smallest absolute Gasteiger partial charge is 0.288 e. The highest BCUT2D eigenvalue weighted by Crippen LogP contribution is 2.19. The van der Waals surface area contributed by atoms with Gasteiger partial charge in [0.2, 0.25) is 0 Å². The zero-order chi connectivity index (χ0) is 15.9. The monoisotopic (exact) mass is 331 g/mol. The van der Waals surface area contributed by atoms with Crippen LogP contribution in [0.1, 0.15) is 22.5 Å². The summed E-state index contributed by atoms with van der Waals surface area (Å²) in [5.41, 5.74) is 1.50. The summed E-state index contributed by atoms with van der Waals surface area (Å²) in [4.78, 5) is 17.2. The van der Waals surface area contributed by atoms with E-state index in [1.54, 1.807) is 24.3 Å². The van der Waals surface area contributed by atoms with Crippen LogP contribution in [0.25, 0.3) is 4.96 Å². The zero-order valence-electron chi connectivity index (χ0n) is 11.7. The fourth-order valence-corrected chi connectivity index (χ4v) is 3.16. The molecule has 8 heteroatoms. The molecule has 0 unspecified atom stereocenters. The van der Waals surface area contributed by atoms with Crippen LogP contribution in [0.15, 0.2) is 27.5 Å². The molecule has 0 atom stereocenters. The summed E-state index contributed by atoms with van der Waals surface area (Å²) < 4.78 is 2.98. The third-order valence-electron chi connectivity index (χ3n) is 3.22. The van der Waals surface area contributed by atoms with Gasteiger partial charge in [-0.1, -0.05) is 11.6 Å². The van der Waals surface area contributed by atoms with Gasteiger partial charge in [0.15, 0.2) is 10.1 Å². The number of hydrogen-bond acceptors (Lipinski definition) is 5. The molecule has 22 heavy (non-hydrogen) atoms. The lowest BCUT2D eigenvalue weighted by Gasteiger charge is -2.06. The quantitative estimate of drug-likeness (QED) is 0.677. The molecule has 0 N–H and O–H groups in total. The molecule has 3 rings (SSSR count). The van der Waals surface area contributed by atoms with E-state index in [0.29, 0.717) is 22.1 Å². The molecule has 0 aromatic carbocycles. The maximum absolute atomic E-state index is 12.3. The fraction of sp³-hybridized carbons (Fsp3) is 0.143. The number of nitrogens with zero attached hydrogens (tertiary/aromatic N) is 5. The first kappa shape index (κ1) is 14.5. The second-order valence-corrected chi connectivity index (χ2v) is 5.89. The van der Waals surface area contributed by atoms with Crippen molar-refractivity contribution in [3.63, 3.8) is 0 Å². The Morgan fingerprint density at radius 1 is 1.50 bits per heavy atom. The lowest BCUT2D eigenvalue weighted by molar-refractivity contribution is 0.786. The highest BCUT2D eigenvalue weighted by atomic mass is 35.5. The number of pyridine rings is 1. The fourth-order valence-electron chi connectivity index (χ4n) is 2.17. The van der Waals surface area contributed by atoms with Gasteiger partial charge in [0.1, 0.15) is 17.3 Å². The highest BCUT2D eigenvalue weighted by molar-refractivity contribution is 7.15. The maximum atomic E-state index is 12.3. The first-order chi connectivity index (χ1) is 10.5. The van der Waals surface area contributed by atoms with Crippen LogP contribution >= 0.6 is 22.9 Å². The van der Waals surface area contributed by atoms with E-state index >= 15 is 0 Å². The summed E-state index contributed by atoms with van der Waals surface area (Å²) in [6.07, 6.45) is 3.30. The minimum absolute atomic E-state index is 0.0859. The van der Waals surface area contributed by atoms with Gasteiger partial charge in [0.25, 0.3) is 5.56 Å². The molecule has 0 aliphatic carbocycles. The van der Waals surface area contributed by atoms with Gasteiger partial charge in [-0.2, -0.15) is 10.4 Å². The Morgan fingerprint density at radius 2 is 2.27 bits per heavy atom. The number of halogens is 1. The number of aryl methyl sites for hydroxylation is 2. The molecule has 0 aliphatic rings. The zero-order valence-corrected chi connectivity index (χ0v) is 13.3. The van der Waals surface area contributed by atoms with E-state index in [2.05, 4.69) is 10.1 Å². The topological polar surface area (TPSA) is 75.5 Å². The Balaban J connectivity index is 2.14. The predicted molar refractivity (Wildman–Crippen MR) is 86.0 cm³/mol. The highest BCUT2D eigenvalue weighted by Gasteiger charge is 2.11. The summed E-state index contributed by atoms with van der Waals surface area (Å²) in [7, 11) is 0. The SMILES string of the molecule is Cc1cc(C)n(/N=C/c2c(Cl)nc3sccn23)c(=O)c1C#N. The number of thiazole rings is 1. The van der Waals surface area contributed by atoms with E-state index in [4.69, 9.17) is 16.9 Å². The van der Waals surface area contributed by atoms with E-state index in [-0.39, 0.29) is 5.56 Å². The number of aromatic nitrogens is 3. The summed E-state index contributed by atoms with van der Waals surface area (Å²) in [5, 5.41) is 15.4. The van der Waals surface area contributed by atoms with Crippen molar-refractivity contribution in [1.29, 1.82) is 5.26 Å². The Kier molecular flexibility index (Phi) is 3.56.